The van der Waals surface area contributed by atoms with Gasteiger partial charge in [-0.3, -0.25) is 4.90 Å². The summed E-state index contributed by atoms with van der Waals surface area (Å²) in [6.45, 7) is 2.34. The van der Waals surface area contributed by atoms with Crippen molar-refractivity contribution in [3.05, 3.63) is 21.9 Å². The number of nitrogens with zero attached hydrogens (tertiary/aromatic N) is 2. The van der Waals surface area contributed by atoms with E-state index in [2.05, 4.69) is 31.1 Å². The first-order chi connectivity index (χ1) is 8.22. The molecule has 1 aromatic heterocycles. The van der Waals surface area contributed by atoms with Crippen LogP contribution in [0.4, 0.5) is 5.69 Å². The Kier molecular flexibility index (Phi) is 3.28. The summed E-state index contributed by atoms with van der Waals surface area (Å²) in [4.78, 5) is 6.71. The van der Waals surface area contributed by atoms with Crippen molar-refractivity contribution in [2.45, 2.75) is 31.3 Å². The van der Waals surface area contributed by atoms with Crippen molar-refractivity contribution in [2.75, 3.05) is 18.4 Å². The Morgan fingerprint density at radius 3 is 3.00 bits per heavy atom. The second-order valence-electron chi connectivity index (χ2n) is 4.85. The van der Waals surface area contributed by atoms with E-state index in [9.17, 15) is 0 Å². The lowest BCUT2D eigenvalue weighted by Crippen LogP contribution is -2.27. The van der Waals surface area contributed by atoms with Gasteiger partial charge >= 0.3 is 0 Å². The van der Waals surface area contributed by atoms with E-state index in [-0.39, 0.29) is 0 Å². The number of halogens is 2. The largest absolute Gasteiger partial charge is 0.378 e. The molecule has 17 heavy (non-hydrogen) atoms. The van der Waals surface area contributed by atoms with Crippen LogP contribution in [0.1, 0.15) is 19.3 Å². The molecule has 5 heteroatoms. The highest BCUT2D eigenvalue weighted by Crippen LogP contribution is 2.31. The summed E-state index contributed by atoms with van der Waals surface area (Å²) in [5.74, 6) is 0. The number of hydrogen-bond acceptors (Lipinski definition) is 3. The SMILES string of the molecule is Clc1ncc(Br)cc1NC1CCN(C2CC2)C1. The highest BCUT2D eigenvalue weighted by atomic mass is 79.9. The lowest BCUT2D eigenvalue weighted by Gasteiger charge is -2.17. The quantitative estimate of drug-likeness (QED) is 0.868. The van der Waals surface area contributed by atoms with Crippen molar-refractivity contribution < 1.29 is 0 Å². The molecule has 1 saturated carbocycles. The molecule has 3 nitrogen and oxygen atoms in total. The van der Waals surface area contributed by atoms with Gasteiger partial charge in [0.1, 0.15) is 0 Å². The molecule has 2 heterocycles. The van der Waals surface area contributed by atoms with Crippen LogP contribution in [0.3, 0.4) is 0 Å². The monoisotopic (exact) mass is 315 g/mol. The highest BCUT2D eigenvalue weighted by Gasteiger charge is 2.34. The maximum Gasteiger partial charge on any atom is 0.152 e. The average Bonchev–Trinajstić information content (AvgIpc) is 3.05. The van der Waals surface area contributed by atoms with Crippen LogP contribution in [0.25, 0.3) is 0 Å². The van der Waals surface area contributed by atoms with Crippen molar-refractivity contribution >= 4 is 33.2 Å². The summed E-state index contributed by atoms with van der Waals surface area (Å²) in [6.07, 6.45) is 5.68. The molecule has 1 aromatic rings. The third kappa shape index (κ3) is 2.75. The Bertz CT molecular complexity index is 422. The summed E-state index contributed by atoms with van der Waals surface area (Å²) in [5, 5.41) is 4.05. The number of anilines is 1. The van der Waals surface area contributed by atoms with Crippen LogP contribution in [0.5, 0.6) is 0 Å². The standard InChI is InChI=1S/C12H15BrClN3/c13-8-5-11(12(14)15-6-8)16-9-3-4-17(7-9)10-1-2-10/h5-6,9-10,16H,1-4,7H2. The van der Waals surface area contributed by atoms with Crippen molar-refractivity contribution in [3.63, 3.8) is 0 Å². The highest BCUT2D eigenvalue weighted by molar-refractivity contribution is 9.10. The van der Waals surface area contributed by atoms with Crippen molar-refractivity contribution in [2.24, 2.45) is 0 Å². The molecule has 0 amide bonds. The van der Waals surface area contributed by atoms with E-state index in [0.717, 1.165) is 22.7 Å². The molecule has 0 spiro atoms. The first-order valence-corrected chi connectivity index (χ1v) is 7.21. The summed E-state index contributed by atoms with van der Waals surface area (Å²) in [5.41, 5.74) is 0.934. The van der Waals surface area contributed by atoms with E-state index < -0.39 is 0 Å². The maximum atomic E-state index is 6.08. The second kappa shape index (κ2) is 4.75. The molecular formula is C12H15BrClN3. The van der Waals surface area contributed by atoms with Crippen LogP contribution in [-0.4, -0.2) is 35.1 Å². The van der Waals surface area contributed by atoms with Crippen LogP contribution < -0.4 is 5.32 Å². The van der Waals surface area contributed by atoms with Crippen molar-refractivity contribution in [1.29, 1.82) is 0 Å². The molecule has 1 N–H and O–H groups in total. The lowest BCUT2D eigenvalue weighted by atomic mass is 10.2. The van der Waals surface area contributed by atoms with Crippen LogP contribution in [-0.2, 0) is 0 Å². The predicted molar refractivity (Wildman–Crippen MR) is 73.6 cm³/mol. The molecule has 1 saturated heterocycles. The summed E-state index contributed by atoms with van der Waals surface area (Å²) in [7, 11) is 0. The summed E-state index contributed by atoms with van der Waals surface area (Å²) < 4.78 is 0.960. The Labute approximate surface area is 115 Å². The third-order valence-electron chi connectivity index (χ3n) is 3.45. The minimum absolute atomic E-state index is 0.504. The van der Waals surface area contributed by atoms with E-state index in [1.165, 1.54) is 25.8 Å². The molecule has 1 atom stereocenters. The molecule has 3 rings (SSSR count). The van der Waals surface area contributed by atoms with Crippen molar-refractivity contribution in [1.82, 2.24) is 9.88 Å². The zero-order chi connectivity index (χ0) is 11.8. The van der Waals surface area contributed by atoms with Crippen molar-refractivity contribution in [3.8, 4) is 0 Å². The second-order valence-corrected chi connectivity index (χ2v) is 6.12. The Morgan fingerprint density at radius 1 is 1.41 bits per heavy atom. The topological polar surface area (TPSA) is 28.2 Å². The number of rotatable bonds is 3. The summed E-state index contributed by atoms with van der Waals surface area (Å²) in [6, 6.07) is 3.36. The molecule has 1 unspecified atom stereocenters. The number of nitrogens with one attached hydrogen (secondary N) is 1. The fraction of sp³-hybridized carbons (Fsp3) is 0.583. The Hall–Kier alpha value is -0.320. The van der Waals surface area contributed by atoms with Gasteiger partial charge in [0.25, 0.3) is 0 Å². The summed E-state index contributed by atoms with van der Waals surface area (Å²) >= 11 is 9.50. The van der Waals surface area contributed by atoms with Gasteiger partial charge in [-0.05, 0) is 41.3 Å². The number of aromatic nitrogens is 1. The molecule has 0 radical (unpaired) electrons. The third-order valence-corrected chi connectivity index (χ3v) is 4.18. The minimum atomic E-state index is 0.504. The fourth-order valence-electron chi connectivity index (χ4n) is 2.42. The molecule has 0 aromatic carbocycles. The van der Waals surface area contributed by atoms with Gasteiger partial charge in [-0.1, -0.05) is 11.6 Å². The molecule has 0 bridgehead atoms. The molecule has 1 aliphatic heterocycles. The van der Waals surface area contributed by atoms with E-state index in [1.807, 2.05) is 6.07 Å². The lowest BCUT2D eigenvalue weighted by molar-refractivity contribution is 0.326. The first kappa shape index (κ1) is 11.8. The van der Waals surface area contributed by atoms with Gasteiger partial charge in [0.05, 0.1) is 5.69 Å². The van der Waals surface area contributed by atoms with Gasteiger partial charge in [-0.25, -0.2) is 4.98 Å². The van der Waals surface area contributed by atoms with Gasteiger partial charge in [0.2, 0.25) is 0 Å². The molecule has 1 aliphatic carbocycles. The van der Waals surface area contributed by atoms with Crippen LogP contribution in [0.15, 0.2) is 16.7 Å². The Balaban J connectivity index is 1.64. The minimum Gasteiger partial charge on any atom is -0.378 e. The predicted octanol–water partition coefficient (Wildman–Crippen LogP) is 3.15. The molecule has 92 valence electrons. The van der Waals surface area contributed by atoms with E-state index >= 15 is 0 Å². The normalized spacial score (nSPS) is 25.2. The van der Waals surface area contributed by atoms with Gasteiger partial charge in [-0.2, -0.15) is 0 Å². The van der Waals surface area contributed by atoms with Gasteiger partial charge < -0.3 is 5.32 Å². The Morgan fingerprint density at radius 2 is 2.24 bits per heavy atom. The van der Waals surface area contributed by atoms with Gasteiger partial charge in [0.15, 0.2) is 5.15 Å². The number of pyridine rings is 1. The van der Waals surface area contributed by atoms with Crippen LogP contribution in [0, 0.1) is 0 Å². The fourth-order valence-corrected chi connectivity index (χ4v) is 2.91. The van der Waals surface area contributed by atoms with Gasteiger partial charge in [0, 0.05) is 35.8 Å². The maximum absolute atomic E-state index is 6.08. The van der Waals surface area contributed by atoms with Crippen LogP contribution >= 0.6 is 27.5 Å². The van der Waals surface area contributed by atoms with E-state index in [4.69, 9.17) is 11.6 Å². The number of likely N-dealkylation sites (tertiary alicyclic amines) is 1. The smallest absolute Gasteiger partial charge is 0.152 e. The molecular weight excluding hydrogens is 302 g/mol. The number of hydrogen-bond donors (Lipinski definition) is 1. The van der Waals surface area contributed by atoms with E-state index in [0.29, 0.717) is 11.2 Å². The van der Waals surface area contributed by atoms with E-state index in [1.54, 1.807) is 6.20 Å². The van der Waals surface area contributed by atoms with Crippen LogP contribution in [0.2, 0.25) is 5.15 Å². The first-order valence-electron chi connectivity index (χ1n) is 6.04. The zero-order valence-corrected chi connectivity index (χ0v) is 11.8. The van der Waals surface area contributed by atoms with Gasteiger partial charge in [-0.15, -0.1) is 0 Å². The molecule has 2 fully saturated rings. The zero-order valence-electron chi connectivity index (χ0n) is 9.50. The average molecular weight is 317 g/mol. The molecule has 2 aliphatic rings.